The van der Waals surface area contributed by atoms with E-state index in [1.807, 2.05) is 0 Å². The number of rotatable bonds is 7. The summed E-state index contributed by atoms with van der Waals surface area (Å²) in [5.74, 6) is -0.436. The van der Waals surface area contributed by atoms with Crippen molar-refractivity contribution in [2.24, 2.45) is 0 Å². The monoisotopic (exact) mass is 327 g/mol. The van der Waals surface area contributed by atoms with Crippen molar-refractivity contribution in [2.75, 3.05) is 26.8 Å². The molecule has 0 aliphatic carbocycles. The van der Waals surface area contributed by atoms with E-state index in [0.29, 0.717) is 18.8 Å². The number of nitrogens with one attached hydrogen (secondary N) is 2. The summed E-state index contributed by atoms with van der Waals surface area (Å²) in [4.78, 5) is 15.2. The zero-order valence-corrected chi connectivity index (χ0v) is 12.8. The zero-order valence-electron chi connectivity index (χ0n) is 10.4. The summed E-state index contributed by atoms with van der Waals surface area (Å²) in [5, 5.41) is 2.50. The topological polar surface area (TPSA) is 97.4 Å². The quantitative estimate of drug-likeness (QED) is 0.695. The normalized spacial score (nSPS) is 11.5. The minimum atomic E-state index is -3.77. The maximum absolute atomic E-state index is 11.9. The molecule has 19 heavy (non-hydrogen) atoms. The van der Waals surface area contributed by atoms with Crippen LogP contribution < -0.4 is 10.0 Å². The fraction of sp³-hybridized carbons (Fsp3) is 0.556. The molecule has 7 nitrogen and oxygen atoms in total. The first-order chi connectivity index (χ1) is 8.86. The average Bonchev–Trinajstić information content (AvgIpc) is 2.67. The van der Waals surface area contributed by atoms with Crippen molar-refractivity contribution in [2.45, 2.75) is 11.1 Å². The number of aryl methyl sites for hydroxylation is 1. The maximum atomic E-state index is 11.9. The van der Waals surface area contributed by atoms with Gasteiger partial charge in [0.05, 0.1) is 18.8 Å². The van der Waals surface area contributed by atoms with Crippen molar-refractivity contribution < 1.29 is 17.9 Å². The number of ether oxygens (including phenoxy) is 1. The molecule has 1 aromatic rings. The molecule has 0 atom stereocenters. The smallest absolute Gasteiger partial charge is 0.252 e. The highest BCUT2D eigenvalue weighted by atomic mass is 35.5. The molecule has 2 N–H and O–H groups in total. The molecule has 10 heteroatoms. The van der Waals surface area contributed by atoms with Gasteiger partial charge in [0.2, 0.25) is 5.91 Å². The van der Waals surface area contributed by atoms with Crippen LogP contribution in [-0.4, -0.2) is 46.1 Å². The van der Waals surface area contributed by atoms with Gasteiger partial charge in [-0.1, -0.05) is 22.9 Å². The summed E-state index contributed by atoms with van der Waals surface area (Å²) < 4.78 is 30.9. The molecule has 0 fully saturated rings. The minimum Gasteiger partial charge on any atom is -0.383 e. The van der Waals surface area contributed by atoms with Crippen LogP contribution in [-0.2, 0) is 19.6 Å². The second-order valence-electron chi connectivity index (χ2n) is 3.51. The van der Waals surface area contributed by atoms with Gasteiger partial charge in [0.1, 0.15) is 0 Å². The molecule has 1 heterocycles. The number of thiazole rings is 1. The van der Waals surface area contributed by atoms with E-state index >= 15 is 0 Å². The molecular weight excluding hydrogens is 314 g/mol. The molecule has 108 valence electrons. The van der Waals surface area contributed by atoms with Gasteiger partial charge in [0, 0.05) is 13.7 Å². The maximum Gasteiger partial charge on any atom is 0.252 e. The molecule has 0 radical (unpaired) electrons. The van der Waals surface area contributed by atoms with E-state index in [9.17, 15) is 13.2 Å². The SMILES string of the molecule is COCCNC(=O)CNS(=O)(=O)c1sc(Cl)nc1C. The van der Waals surface area contributed by atoms with E-state index in [-0.39, 0.29) is 15.2 Å². The van der Waals surface area contributed by atoms with Crippen LogP contribution in [0.2, 0.25) is 4.47 Å². The molecule has 0 bridgehead atoms. The van der Waals surface area contributed by atoms with Crippen LogP contribution in [0.5, 0.6) is 0 Å². The van der Waals surface area contributed by atoms with Gasteiger partial charge in [-0.25, -0.2) is 18.1 Å². The number of carbonyl (C=O) groups is 1. The summed E-state index contributed by atoms with van der Waals surface area (Å²) in [6, 6.07) is 0. The Kier molecular flexibility index (Phi) is 6.14. The molecule has 0 saturated carbocycles. The lowest BCUT2D eigenvalue weighted by Gasteiger charge is -2.06. The van der Waals surface area contributed by atoms with Crippen LogP contribution in [0.1, 0.15) is 5.69 Å². The predicted octanol–water partition coefficient (Wildman–Crippen LogP) is 0.146. The van der Waals surface area contributed by atoms with E-state index in [4.69, 9.17) is 16.3 Å². The molecule has 0 saturated heterocycles. The van der Waals surface area contributed by atoms with Crippen molar-refractivity contribution in [3.8, 4) is 0 Å². The Bertz CT molecular complexity index is 544. The third-order valence-corrected chi connectivity index (χ3v) is 5.30. The average molecular weight is 328 g/mol. The van der Waals surface area contributed by atoms with Crippen LogP contribution in [0.3, 0.4) is 0 Å². The summed E-state index contributed by atoms with van der Waals surface area (Å²) >= 11 is 6.49. The minimum absolute atomic E-state index is 0.0159. The van der Waals surface area contributed by atoms with Crippen molar-refractivity contribution >= 4 is 38.9 Å². The van der Waals surface area contributed by atoms with Gasteiger partial charge >= 0.3 is 0 Å². The fourth-order valence-electron chi connectivity index (χ4n) is 1.18. The predicted molar refractivity (Wildman–Crippen MR) is 71.9 cm³/mol. The van der Waals surface area contributed by atoms with Crippen molar-refractivity contribution in [3.63, 3.8) is 0 Å². The summed E-state index contributed by atoms with van der Waals surface area (Å²) in [7, 11) is -2.26. The van der Waals surface area contributed by atoms with Crippen molar-refractivity contribution in [1.29, 1.82) is 0 Å². The third-order valence-electron chi connectivity index (χ3n) is 2.02. The number of amides is 1. The summed E-state index contributed by atoms with van der Waals surface area (Å²) in [6.45, 7) is 1.88. The lowest BCUT2D eigenvalue weighted by atomic mass is 10.6. The Hall–Kier alpha value is -0.740. The summed E-state index contributed by atoms with van der Waals surface area (Å²) in [6.07, 6.45) is 0. The Morgan fingerprint density at radius 3 is 2.74 bits per heavy atom. The Balaban J connectivity index is 2.56. The number of halogens is 1. The molecule has 1 aromatic heterocycles. The van der Waals surface area contributed by atoms with E-state index in [0.717, 1.165) is 11.3 Å². The van der Waals surface area contributed by atoms with Crippen molar-refractivity contribution in [1.82, 2.24) is 15.0 Å². The molecular formula is C9H14ClN3O4S2. The van der Waals surface area contributed by atoms with Gasteiger partial charge < -0.3 is 10.1 Å². The lowest BCUT2D eigenvalue weighted by Crippen LogP contribution is -2.38. The number of sulfonamides is 1. The van der Waals surface area contributed by atoms with Crippen LogP contribution in [0.4, 0.5) is 0 Å². The lowest BCUT2D eigenvalue weighted by molar-refractivity contribution is -0.120. The Morgan fingerprint density at radius 1 is 1.53 bits per heavy atom. The second kappa shape index (κ2) is 7.15. The number of hydrogen-bond donors (Lipinski definition) is 2. The number of nitrogens with zero attached hydrogens (tertiary/aromatic N) is 1. The van der Waals surface area contributed by atoms with Crippen LogP contribution >= 0.6 is 22.9 Å². The van der Waals surface area contributed by atoms with Gasteiger partial charge in [-0.05, 0) is 6.92 Å². The fourth-order valence-corrected chi connectivity index (χ4v) is 3.94. The Labute approximate surface area is 120 Å². The van der Waals surface area contributed by atoms with Gasteiger partial charge in [-0.2, -0.15) is 0 Å². The highest BCUT2D eigenvalue weighted by Crippen LogP contribution is 2.26. The van der Waals surface area contributed by atoms with E-state index in [1.165, 1.54) is 14.0 Å². The van der Waals surface area contributed by atoms with E-state index in [2.05, 4.69) is 15.0 Å². The molecule has 1 rings (SSSR count). The van der Waals surface area contributed by atoms with E-state index in [1.54, 1.807) is 0 Å². The molecule has 0 aliphatic rings. The first-order valence-corrected chi connectivity index (χ1v) is 7.93. The van der Waals surface area contributed by atoms with Crippen LogP contribution in [0.25, 0.3) is 0 Å². The van der Waals surface area contributed by atoms with Gasteiger partial charge in [-0.3, -0.25) is 4.79 Å². The summed E-state index contributed by atoms with van der Waals surface area (Å²) in [5.41, 5.74) is 0.308. The van der Waals surface area contributed by atoms with Gasteiger partial charge in [0.15, 0.2) is 8.68 Å². The highest BCUT2D eigenvalue weighted by Gasteiger charge is 2.21. The first-order valence-electron chi connectivity index (χ1n) is 5.25. The van der Waals surface area contributed by atoms with Crippen LogP contribution in [0, 0.1) is 6.92 Å². The third kappa shape index (κ3) is 5.03. The molecule has 0 aromatic carbocycles. The van der Waals surface area contributed by atoms with Crippen molar-refractivity contribution in [3.05, 3.63) is 10.2 Å². The number of methoxy groups -OCH3 is 1. The van der Waals surface area contributed by atoms with Gasteiger partial charge in [0.25, 0.3) is 10.0 Å². The molecule has 0 unspecified atom stereocenters. The van der Waals surface area contributed by atoms with E-state index < -0.39 is 15.9 Å². The molecule has 1 amide bonds. The zero-order chi connectivity index (χ0) is 14.5. The highest BCUT2D eigenvalue weighted by molar-refractivity contribution is 7.91. The Morgan fingerprint density at radius 2 is 2.21 bits per heavy atom. The van der Waals surface area contributed by atoms with Crippen LogP contribution in [0.15, 0.2) is 4.21 Å². The largest absolute Gasteiger partial charge is 0.383 e. The number of aromatic nitrogens is 1. The first kappa shape index (κ1) is 16.3. The second-order valence-corrected chi connectivity index (χ2v) is 7.05. The van der Waals surface area contributed by atoms with Gasteiger partial charge in [-0.15, -0.1) is 0 Å². The standard InChI is InChI=1S/C9H14ClN3O4S2/c1-6-8(18-9(10)13-6)19(15,16)12-5-7(14)11-3-4-17-2/h12H,3-5H2,1-2H3,(H,11,14). The number of carbonyl (C=O) groups excluding carboxylic acids is 1. The molecule has 0 spiro atoms. The number of hydrogen-bond acceptors (Lipinski definition) is 6. The molecule has 0 aliphatic heterocycles.